The Morgan fingerprint density at radius 2 is 1.83 bits per heavy atom. The predicted molar refractivity (Wildman–Crippen MR) is 121 cm³/mol. The number of aliphatic hydroxyl groups excluding tert-OH is 1. The Morgan fingerprint density at radius 3 is 2.42 bits per heavy atom. The molecule has 1 aliphatic carbocycles. The van der Waals surface area contributed by atoms with Crippen molar-refractivity contribution in [3.8, 4) is 23.1 Å². The van der Waals surface area contributed by atoms with Crippen LogP contribution < -0.4 is 20.7 Å². The van der Waals surface area contributed by atoms with Crippen molar-refractivity contribution in [2.24, 2.45) is 0 Å². The number of hydrogen-bond acceptors (Lipinski definition) is 9. The highest BCUT2D eigenvalue weighted by Crippen LogP contribution is 2.38. The molecule has 1 fully saturated rings. The van der Waals surface area contributed by atoms with Crippen LogP contribution in [0, 0.1) is 0 Å². The average molecular weight is 566 g/mol. The summed E-state index contributed by atoms with van der Waals surface area (Å²) in [6, 6.07) is 2.56. The van der Waals surface area contributed by atoms with Gasteiger partial charge in [0.15, 0.2) is 17.2 Å². The van der Waals surface area contributed by atoms with Crippen molar-refractivity contribution in [3.63, 3.8) is 0 Å². The Hall–Kier alpha value is -3.11. The van der Waals surface area contributed by atoms with Crippen LogP contribution in [-0.2, 0) is 10.0 Å². The van der Waals surface area contributed by atoms with Gasteiger partial charge in [0.05, 0.1) is 28.0 Å². The number of aromatic hydroxyl groups is 1. The number of nitrogens with zero attached hydrogens (tertiary/aromatic N) is 3. The van der Waals surface area contributed by atoms with Crippen molar-refractivity contribution >= 4 is 33.2 Å². The van der Waals surface area contributed by atoms with E-state index in [2.05, 4.69) is 14.8 Å². The van der Waals surface area contributed by atoms with Gasteiger partial charge in [0.25, 0.3) is 12.0 Å². The number of aromatic nitrogens is 4. The zero-order valence-electron chi connectivity index (χ0n) is 17.7. The highest BCUT2D eigenvalue weighted by molar-refractivity contribution is 7.89. The SMILES string of the molecule is O=c1[nH]c(=O)n(-c2cc(Cl)c(Oc3cc(S(=O)(=O)N[C@H]4C[C@@H](O)C4)c(O)cn3)c(Cl)c2)nc1C(F)F. The molecule has 0 bridgehead atoms. The molecule has 0 unspecified atom stereocenters. The van der Waals surface area contributed by atoms with Crippen LogP contribution in [0.15, 0.2) is 38.9 Å². The van der Waals surface area contributed by atoms with Gasteiger partial charge < -0.3 is 14.9 Å². The summed E-state index contributed by atoms with van der Waals surface area (Å²) in [4.78, 5) is 28.5. The van der Waals surface area contributed by atoms with Crippen molar-refractivity contribution in [1.82, 2.24) is 24.5 Å². The van der Waals surface area contributed by atoms with Crippen LogP contribution in [0.5, 0.6) is 17.4 Å². The number of nitrogens with one attached hydrogen (secondary N) is 2. The van der Waals surface area contributed by atoms with E-state index in [1.54, 1.807) is 4.98 Å². The van der Waals surface area contributed by atoms with Crippen LogP contribution in [-0.4, -0.2) is 50.5 Å². The number of aromatic amines is 1. The third-order valence-electron chi connectivity index (χ3n) is 5.04. The molecule has 1 saturated carbocycles. The second-order valence-corrected chi connectivity index (χ2v) is 10.1. The molecule has 17 heteroatoms. The zero-order chi connectivity index (χ0) is 26.4. The molecule has 4 N–H and O–H groups in total. The Labute approximate surface area is 210 Å². The van der Waals surface area contributed by atoms with E-state index in [-0.39, 0.29) is 40.2 Å². The first-order valence-electron chi connectivity index (χ1n) is 9.94. The third kappa shape index (κ3) is 5.19. The van der Waals surface area contributed by atoms with Crippen molar-refractivity contribution in [1.29, 1.82) is 0 Å². The van der Waals surface area contributed by atoms with E-state index in [0.717, 1.165) is 24.4 Å². The number of halogens is 4. The van der Waals surface area contributed by atoms with E-state index in [4.69, 9.17) is 27.9 Å². The van der Waals surface area contributed by atoms with E-state index in [0.29, 0.717) is 4.68 Å². The molecule has 0 atom stereocenters. The van der Waals surface area contributed by atoms with Crippen LogP contribution in [0.2, 0.25) is 10.0 Å². The largest absolute Gasteiger partial charge is 0.505 e. The molecule has 1 aliphatic rings. The number of alkyl halides is 2. The molecule has 4 rings (SSSR count). The topological polar surface area (TPSA) is 176 Å². The molecule has 12 nitrogen and oxygen atoms in total. The summed E-state index contributed by atoms with van der Waals surface area (Å²) in [7, 11) is -4.21. The molecule has 3 aromatic rings. The Bertz CT molecular complexity index is 1540. The Balaban J connectivity index is 1.66. The molecule has 2 aromatic heterocycles. The van der Waals surface area contributed by atoms with Gasteiger partial charge in [0.2, 0.25) is 15.9 Å². The van der Waals surface area contributed by atoms with Crippen molar-refractivity contribution in [2.45, 2.75) is 36.3 Å². The number of sulfonamides is 1. The van der Waals surface area contributed by atoms with Gasteiger partial charge >= 0.3 is 5.69 Å². The van der Waals surface area contributed by atoms with Crippen LogP contribution in [0.3, 0.4) is 0 Å². The van der Waals surface area contributed by atoms with Gasteiger partial charge in [-0.05, 0) is 25.0 Å². The fourth-order valence-corrected chi connectivity index (χ4v) is 5.15. The first kappa shape index (κ1) is 26.0. The maximum Gasteiger partial charge on any atom is 0.349 e. The summed E-state index contributed by atoms with van der Waals surface area (Å²) in [5.74, 6) is -1.25. The highest BCUT2D eigenvalue weighted by Gasteiger charge is 2.32. The molecule has 0 radical (unpaired) electrons. The summed E-state index contributed by atoms with van der Waals surface area (Å²) < 4.78 is 59.6. The molecule has 2 heterocycles. The maximum atomic E-state index is 13.0. The highest BCUT2D eigenvalue weighted by atomic mass is 35.5. The molecule has 0 saturated heterocycles. The lowest BCUT2D eigenvalue weighted by Gasteiger charge is -2.31. The molecular weight excluding hydrogens is 551 g/mol. The summed E-state index contributed by atoms with van der Waals surface area (Å²) in [5.41, 5.74) is -3.87. The van der Waals surface area contributed by atoms with Gasteiger partial charge in [0, 0.05) is 12.1 Å². The van der Waals surface area contributed by atoms with E-state index < -0.39 is 56.2 Å². The van der Waals surface area contributed by atoms with Gasteiger partial charge in [-0.1, -0.05) is 23.2 Å². The lowest BCUT2D eigenvalue weighted by Crippen LogP contribution is -2.46. The minimum atomic E-state index is -4.21. The smallest absolute Gasteiger partial charge is 0.349 e. The monoisotopic (exact) mass is 565 g/mol. The van der Waals surface area contributed by atoms with Gasteiger partial charge in [0.1, 0.15) is 4.90 Å². The van der Waals surface area contributed by atoms with Crippen LogP contribution >= 0.6 is 23.2 Å². The summed E-state index contributed by atoms with van der Waals surface area (Å²) >= 11 is 12.4. The maximum absolute atomic E-state index is 13.0. The third-order valence-corrected chi connectivity index (χ3v) is 7.15. The zero-order valence-corrected chi connectivity index (χ0v) is 20.0. The van der Waals surface area contributed by atoms with Crippen molar-refractivity contribution in [3.05, 3.63) is 61.0 Å². The number of H-pyrrole nitrogens is 1. The first-order chi connectivity index (χ1) is 16.9. The van der Waals surface area contributed by atoms with Gasteiger partial charge in [-0.2, -0.15) is 9.78 Å². The minimum Gasteiger partial charge on any atom is -0.505 e. The second kappa shape index (κ2) is 9.74. The van der Waals surface area contributed by atoms with Crippen LogP contribution in [0.4, 0.5) is 8.78 Å². The lowest BCUT2D eigenvalue weighted by molar-refractivity contribution is 0.0712. The van der Waals surface area contributed by atoms with E-state index in [9.17, 15) is 37.0 Å². The molecule has 36 heavy (non-hydrogen) atoms. The molecule has 1 aromatic carbocycles. The summed E-state index contributed by atoms with van der Waals surface area (Å²) in [6.45, 7) is 0. The summed E-state index contributed by atoms with van der Waals surface area (Å²) in [5, 5.41) is 22.2. The average Bonchev–Trinajstić information content (AvgIpc) is 2.75. The van der Waals surface area contributed by atoms with E-state index >= 15 is 0 Å². The number of aliphatic hydroxyl groups is 1. The van der Waals surface area contributed by atoms with Crippen LogP contribution in [0.25, 0.3) is 5.69 Å². The number of hydrogen-bond donors (Lipinski definition) is 4. The quantitative estimate of drug-likeness (QED) is 0.333. The standard InChI is InChI=1S/C19H15Cl2F2N5O7S/c20-10-3-8(28-19(32)25-18(31)15(26-28)17(22)23)4-11(21)16(10)35-14-5-13(12(30)6-24-14)36(33,34)27-7-1-9(29)2-7/h3-7,9,17,27,29-30H,1-2H2,(H,25,31,32)/t7-,9+. The molecule has 192 valence electrons. The van der Waals surface area contributed by atoms with Crippen LogP contribution in [0.1, 0.15) is 25.0 Å². The van der Waals surface area contributed by atoms with E-state index in [1.807, 2.05) is 0 Å². The normalized spacial score (nSPS) is 17.7. The number of pyridine rings is 1. The fourth-order valence-electron chi connectivity index (χ4n) is 3.25. The van der Waals surface area contributed by atoms with Crippen molar-refractivity contribution < 1.29 is 32.1 Å². The Morgan fingerprint density at radius 1 is 1.19 bits per heavy atom. The lowest BCUT2D eigenvalue weighted by atomic mass is 9.91. The Kier molecular flexibility index (Phi) is 7.03. The van der Waals surface area contributed by atoms with Gasteiger partial charge in [-0.15, -0.1) is 0 Å². The number of rotatable bonds is 7. The van der Waals surface area contributed by atoms with Gasteiger partial charge in [-0.25, -0.2) is 31.7 Å². The van der Waals surface area contributed by atoms with Crippen molar-refractivity contribution in [2.75, 3.05) is 0 Å². The number of ether oxygens (including phenoxy) is 1. The first-order valence-corrected chi connectivity index (χ1v) is 12.2. The van der Waals surface area contributed by atoms with E-state index in [1.165, 1.54) is 0 Å². The summed E-state index contributed by atoms with van der Waals surface area (Å²) in [6.07, 6.45) is -2.61. The number of benzene rings is 1. The van der Waals surface area contributed by atoms with Gasteiger partial charge in [-0.3, -0.25) is 9.78 Å². The molecule has 0 aliphatic heterocycles. The molecular formula is C19H15Cl2F2N5O7S. The second-order valence-electron chi connectivity index (χ2n) is 7.63. The minimum absolute atomic E-state index is 0.186. The molecule has 0 amide bonds. The molecule has 0 spiro atoms. The fraction of sp³-hybridized carbons (Fsp3) is 0.263. The predicted octanol–water partition coefficient (Wildman–Crippen LogP) is 1.86.